The van der Waals surface area contributed by atoms with Crippen molar-refractivity contribution in [3.05, 3.63) is 64.3 Å². The van der Waals surface area contributed by atoms with Crippen LogP contribution < -0.4 is 9.64 Å². The van der Waals surface area contributed by atoms with Gasteiger partial charge in [0.1, 0.15) is 16.4 Å². The molecule has 2 aromatic heterocycles. The molecule has 1 amide bonds. The Morgan fingerprint density at radius 1 is 1.12 bits per heavy atom. The van der Waals surface area contributed by atoms with E-state index in [1.165, 1.54) is 16.9 Å². The zero-order chi connectivity index (χ0) is 25.5. The van der Waals surface area contributed by atoms with E-state index < -0.39 is 11.7 Å². The fourth-order valence-corrected chi connectivity index (χ4v) is 4.34. The Hall–Kier alpha value is -3.48. The molecule has 0 bridgehead atoms. The highest BCUT2D eigenvalue weighted by atomic mass is 32.1. The molecule has 0 N–H and O–H groups in total. The van der Waals surface area contributed by atoms with Gasteiger partial charge in [-0.1, -0.05) is 24.3 Å². The zero-order valence-corrected chi connectivity index (χ0v) is 21.4. The first-order chi connectivity index (χ1) is 16.0. The number of anilines is 1. The summed E-state index contributed by atoms with van der Waals surface area (Å²) in [5.41, 5.74) is 5.49. The van der Waals surface area contributed by atoms with Gasteiger partial charge < -0.3 is 9.47 Å². The highest BCUT2D eigenvalue weighted by molar-refractivity contribution is 7.14. The van der Waals surface area contributed by atoms with Gasteiger partial charge in [0, 0.05) is 22.7 Å². The van der Waals surface area contributed by atoms with Gasteiger partial charge in [0.15, 0.2) is 0 Å². The third-order valence-corrected chi connectivity index (χ3v) is 5.93. The number of thiophene rings is 1. The van der Waals surface area contributed by atoms with Crippen LogP contribution in [0.25, 0.3) is 11.1 Å². The van der Waals surface area contributed by atoms with Gasteiger partial charge in [-0.3, -0.25) is 9.88 Å². The fraction of sp³-hybridized carbons (Fsp3) is 0.346. The van der Waals surface area contributed by atoms with Crippen LogP contribution in [0.15, 0.2) is 41.9 Å². The molecule has 0 atom stereocenters. The molecule has 3 aromatic rings. The van der Waals surface area contributed by atoms with Gasteiger partial charge in [-0.15, -0.1) is 11.3 Å². The first-order valence-corrected chi connectivity index (χ1v) is 11.5. The molecule has 34 heavy (non-hydrogen) atoms. The normalized spacial score (nSPS) is 10.6. The summed E-state index contributed by atoms with van der Waals surface area (Å²) in [5, 5.41) is 2.89. The number of rotatable bonds is 5. The van der Waals surface area contributed by atoms with Crippen LogP contribution in [-0.4, -0.2) is 29.9 Å². The molecular formula is C26H30N2O5S. The Morgan fingerprint density at radius 2 is 1.76 bits per heavy atom. The fourth-order valence-electron chi connectivity index (χ4n) is 3.43. The summed E-state index contributed by atoms with van der Waals surface area (Å²) in [6, 6.07) is 10.3. The predicted molar refractivity (Wildman–Crippen MR) is 132 cm³/mol. The van der Waals surface area contributed by atoms with Crippen LogP contribution in [0.2, 0.25) is 0 Å². The Balaban J connectivity index is 0.00000129. The van der Waals surface area contributed by atoms with E-state index in [-0.39, 0.29) is 6.15 Å². The van der Waals surface area contributed by atoms with Crippen LogP contribution in [0, 0.1) is 20.8 Å². The number of amides is 1. The van der Waals surface area contributed by atoms with Gasteiger partial charge >= 0.3 is 12.2 Å². The van der Waals surface area contributed by atoms with Crippen LogP contribution in [0.1, 0.15) is 43.2 Å². The van der Waals surface area contributed by atoms with E-state index in [1.807, 2.05) is 52.8 Å². The van der Waals surface area contributed by atoms with Crippen molar-refractivity contribution in [2.75, 3.05) is 12.0 Å². The number of pyridine rings is 1. The summed E-state index contributed by atoms with van der Waals surface area (Å²) in [6.45, 7) is 11.9. The summed E-state index contributed by atoms with van der Waals surface area (Å²) in [5.74, 6) is 0.793. The molecule has 0 radical (unpaired) electrons. The third kappa shape index (κ3) is 6.76. The molecule has 2 heterocycles. The van der Waals surface area contributed by atoms with Crippen molar-refractivity contribution in [3.63, 3.8) is 0 Å². The van der Waals surface area contributed by atoms with E-state index in [0.29, 0.717) is 6.54 Å². The number of benzene rings is 1. The number of aryl methyl sites for hydroxylation is 2. The molecular weight excluding hydrogens is 452 g/mol. The number of carbonyl (C=O) groups excluding carboxylic acids is 3. The number of hydrogen-bond acceptors (Lipinski definition) is 7. The maximum atomic E-state index is 13.2. The first kappa shape index (κ1) is 26.8. The number of ether oxygens (including phenoxy) is 2. The zero-order valence-electron chi connectivity index (χ0n) is 20.6. The second kappa shape index (κ2) is 11.6. The standard InChI is InChI=1S/C25H30N2O3S.CO2/c1-16-10-8-9-11-20(16)19-12-22(31-15-19)27(24(28)30-25(4,5)6)14-21-18(3)23(29-7)17(2)13-26-21;2-1-3/h8-13,15H,14H2,1-7H3;. The Bertz CT molecular complexity index is 1170. The average molecular weight is 483 g/mol. The number of methoxy groups -OCH3 is 1. The van der Waals surface area contributed by atoms with E-state index in [9.17, 15) is 4.79 Å². The average Bonchev–Trinajstić information content (AvgIpc) is 3.23. The summed E-state index contributed by atoms with van der Waals surface area (Å²) < 4.78 is 11.3. The lowest BCUT2D eigenvalue weighted by molar-refractivity contribution is -0.191. The van der Waals surface area contributed by atoms with Crippen LogP contribution in [0.4, 0.5) is 9.80 Å². The molecule has 3 rings (SSSR count). The number of carbonyl (C=O) groups is 1. The third-order valence-electron chi connectivity index (χ3n) is 4.98. The molecule has 0 fully saturated rings. The van der Waals surface area contributed by atoms with Crippen molar-refractivity contribution >= 4 is 28.6 Å². The molecule has 0 saturated heterocycles. The van der Waals surface area contributed by atoms with Gasteiger partial charge in [0.25, 0.3) is 0 Å². The topological polar surface area (TPSA) is 85.8 Å². The SMILES string of the molecule is COc1c(C)cnc(CN(C(=O)OC(C)(C)C)c2cc(-c3ccccc3C)cs2)c1C.O=C=O. The second-order valence-electron chi connectivity index (χ2n) is 8.68. The van der Waals surface area contributed by atoms with E-state index in [0.717, 1.165) is 38.7 Å². The van der Waals surface area contributed by atoms with Crippen molar-refractivity contribution in [2.45, 2.75) is 53.7 Å². The minimum Gasteiger partial charge on any atom is -0.496 e. The number of nitrogens with zero attached hydrogens (tertiary/aromatic N) is 2. The maximum Gasteiger partial charge on any atom is 0.415 e. The summed E-state index contributed by atoms with van der Waals surface area (Å²) in [6.07, 6.45) is 1.63. The van der Waals surface area contributed by atoms with E-state index >= 15 is 0 Å². The molecule has 0 aliphatic rings. The lowest BCUT2D eigenvalue weighted by Gasteiger charge is -2.27. The molecule has 0 saturated carbocycles. The second-order valence-corrected chi connectivity index (χ2v) is 9.57. The molecule has 180 valence electrons. The Labute approximate surface area is 204 Å². The van der Waals surface area contributed by atoms with Crippen molar-refractivity contribution in [2.24, 2.45) is 0 Å². The van der Waals surface area contributed by atoms with Crippen molar-refractivity contribution in [1.82, 2.24) is 4.98 Å². The molecule has 0 aliphatic heterocycles. The smallest absolute Gasteiger partial charge is 0.415 e. The van der Waals surface area contributed by atoms with Gasteiger partial charge in [-0.2, -0.15) is 9.59 Å². The highest BCUT2D eigenvalue weighted by Crippen LogP contribution is 2.35. The lowest BCUT2D eigenvalue weighted by atomic mass is 10.0. The van der Waals surface area contributed by atoms with Crippen LogP contribution in [0.5, 0.6) is 5.75 Å². The Kier molecular flexibility index (Phi) is 9.12. The predicted octanol–water partition coefficient (Wildman–Crippen LogP) is 6.10. The van der Waals surface area contributed by atoms with Crippen molar-refractivity contribution < 1.29 is 23.9 Å². The molecule has 1 aromatic carbocycles. The molecule has 8 heteroatoms. The monoisotopic (exact) mass is 482 g/mol. The van der Waals surface area contributed by atoms with Crippen LogP contribution in [-0.2, 0) is 20.9 Å². The van der Waals surface area contributed by atoms with E-state index in [4.69, 9.17) is 19.1 Å². The minimum absolute atomic E-state index is 0.250. The van der Waals surface area contributed by atoms with Gasteiger partial charge in [0.05, 0.1) is 19.3 Å². The quantitative estimate of drug-likeness (QED) is 0.437. The van der Waals surface area contributed by atoms with Crippen LogP contribution >= 0.6 is 11.3 Å². The molecule has 7 nitrogen and oxygen atoms in total. The summed E-state index contributed by atoms with van der Waals surface area (Å²) in [7, 11) is 1.65. The number of hydrogen-bond donors (Lipinski definition) is 0. The molecule has 0 unspecified atom stereocenters. The van der Waals surface area contributed by atoms with E-state index in [2.05, 4.69) is 29.4 Å². The minimum atomic E-state index is -0.598. The number of aromatic nitrogens is 1. The first-order valence-electron chi connectivity index (χ1n) is 10.7. The largest absolute Gasteiger partial charge is 0.496 e. The van der Waals surface area contributed by atoms with Crippen molar-refractivity contribution in [1.29, 1.82) is 0 Å². The maximum absolute atomic E-state index is 13.2. The van der Waals surface area contributed by atoms with Gasteiger partial charge in [-0.25, -0.2) is 4.79 Å². The summed E-state index contributed by atoms with van der Waals surface area (Å²) >= 11 is 1.52. The van der Waals surface area contributed by atoms with Gasteiger partial charge in [0.2, 0.25) is 0 Å². The lowest BCUT2D eigenvalue weighted by Crippen LogP contribution is -2.36. The Morgan fingerprint density at radius 3 is 2.35 bits per heavy atom. The highest BCUT2D eigenvalue weighted by Gasteiger charge is 2.26. The van der Waals surface area contributed by atoms with Crippen LogP contribution in [0.3, 0.4) is 0 Å². The molecule has 0 aliphatic carbocycles. The molecule has 0 spiro atoms. The van der Waals surface area contributed by atoms with Gasteiger partial charge in [-0.05, 0) is 64.3 Å². The van der Waals surface area contributed by atoms with E-state index in [1.54, 1.807) is 18.2 Å². The summed E-state index contributed by atoms with van der Waals surface area (Å²) in [4.78, 5) is 35.6. The van der Waals surface area contributed by atoms with Crippen molar-refractivity contribution in [3.8, 4) is 16.9 Å².